The first kappa shape index (κ1) is 48.9. The van der Waals surface area contributed by atoms with Crippen molar-refractivity contribution in [3.8, 4) is 32.3 Å². The average molecular weight is 971 g/mol. The average Bonchev–Trinajstić information content (AvgIpc) is 4.09. The molecule has 3 aromatic heterocycles. The number of fused-ring (bicyclic) bond motifs is 3. The maximum absolute atomic E-state index is 14.3. The van der Waals surface area contributed by atoms with E-state index < -0.39 is 53.5 Å². The summed E-state index contributed by atoms with van der Waals surface area (Å²) < 4.78 is 13.1. The van der Waals surface area contributed by atoms with Gasteiger partial charge in [0.25, 0.3) is 5.91 Å². The van der Waals surface area contributed by atoms with Crippen LogP contribution >= 0.6 is 22.7 Å². The van der Waals surface area contributed by atoms with Gasteiger partial charge in [-0.1, -0.05) is 81.4 Å². The number of aromatic nitrogens is 4. The Labute approximate surface area is 410 Å². The topological polar surface area (TPSA) is 190 Å². The van der Waals surface area contributed by atoms with E-state index in [1.807, 2.05) is 112 Å². The van der Waals surface area contributed by atoms with Gasteiger partial charge < -0.3 is 30.1 Å². The zero-order chi connectivity index (χ0) is 49.5. The van der Waals surface area contributed by atoms with Crippen LogP contribution in [0.4, 0.5) is 0 Å². The summed E-state index contributed by atoms with van der Waals surface area (Å²) in [5.41, 5.74) is 9.55. The molecule has 17 heteroatoms. The summed E-state index contributed by atoms with van der Waals surface area (Å²) in [5, 5.41) is 26.5. The fraction of sp³-hybridized carbons (Fsp3) is 0.385. The van der Waals surface area contributed by atoms with Crippen molar-refractivity contribution in [2.75, 3.05) is 13.7 Å². The molecule has 0 bridgehead atoms. The van der Waals surface area contributed by atoms with Crippen molar-refractivity contribution in [2.45, 2.75) is 112 Å². The maximum atomic E-state index is 14.3. The number of aliphatic imine (C=N–C) groups is 1. The number of nitrogens with zero attached hydrogens (tertiary/aromatic N) is 6. The highest BCUT2D eigenvalue weighted by atomic mass is 32.1. The Kier molecular flexibility index (Phi) is 14.0. The van der Waals surface area contributed by atoms with Gasteiger partial charge in [0.15, 0.2) is 11.9 Å². The van der Waals surface area contributed by atoms with E-state index in [1.54, 1.807) is 41.7 Å². The Morgan fingerprint density at radius 2 is 1.51 bits per heavy atom. The number of carbonyl (C=O) groups is 4. The highest BCUT2D eigenvalue weighted by Crippen LogP contribution is 2.40. The van der Waals surface area contributed by atoms with Crippen molar-refractivity contribution < 1.29 is 33.8 Å². The molecule has 6 aromatic rings. The lowest BCUT2D eigenvalue weighted by Gasteiger charge is -2.36. The van der Waals surface area contributed by atoms with Gasteiger partial charge in [-0.2, -0.15) is 0 Å². The lowest BCUT2D eigenvalue weighted by Crippen LogP contribution is -2.59. The Hall–Kier alpha value is -6.56. The molecule has 0 saturated carbocycles. The first-order valence-corrected chi connectivity index (χ1v) is 24.7. The Bertz CT molecular complexity index is 2910. The van der Waals surface area contributed by atoms with Crippen molar-refractivity contribution in [1.29, 1.82) is 0 Å². The predicted molar refractivity (Wildman–Crippen MR) is 267 cm³/mol. The van der Waals surface area contributed by atoms with Crippen LogP contribution in [0.1, 0.15) is 104 Å². The van der Waals surface area contributed by atoms with Crippen molar-refractivity contribution in [3.63, 3.8) is 0 Å². The number of ether oxygens (including phenoxy) is 2. The molecule has 2 aliphatic rings. The van der Waals surface area contributed by atoms with Gasteiger partial charge in [-0.3, -0.25) is 28.7 Å². The predicted octanol–water partition coefficient (Wildman–Crippen LogP) is 7.95. The smallest absolute Gasteiger partial charge is 0.308 e. The van der Waals surface area contributed by atoms with Gasteiger partial charge in [0, 0.05) is 29.0 Å². The van der Waals surface area contributed by atoms with Crippen LogP contribution < -0.4 is 15.4 Å². The Morgan fingerprint density at radius 3 is 2.13 bits per heavy atom. The number of esters is 1. The summed E-state index contributed by atoms with van der Waals surface area (Å²) in [7, 11) is 1.36. The van der Waals surface area contributed by atoms with E-state index >= 15 is 0 Å². The van der Waals surface area contributed by atoms with Gasteiger partial charge in [0.1, 0.15) is 34.7 Å². The number of likely N-dealkylation sites (tertiary alicyclic amines) is 1. The van der Waals surface area contributed by atoms with Crippen molar-refractivity contribution in [2.24, 2.45) is 10.4 Å². The van der Waals surface area contributed by atoms with Crippen LogP contribution in [0.5, 0.6) is 5.75 Å². The molecule has 1 fully saturated rings. The van der Waals surface area contributed by atoms with Crippen LogP contribution in [0, 0.1) is 33.1 Å². The molecule has 69 heavy (non-hydrogen) atoms. The summed E-state index contributed by atoms with van der Waals surface area (Å²) >= 11 is 3.22. The highest BCUT2D eigenvalue weighted by molar-refractivity contribution is 7.15. The largest absolute Gasteiger partial charge is 0.481 e. The Morgan fingerprint density at radius 1 is 0.870 bits per heavy atom. The number of thiophene rings is 1. The summed E-state index contributed by atoms with van der Waals surface area (Å²) in [4.78, 5) is 67.6. The normalized spacial score (nSPS) is 18.0. The number of aryl methyl sites for hydroxylation is 3. The van der Waals surface area contributed by atoms with Gasteiger partial charge in [-0.15, -0.1) is 32.9 Å². The second-order valence-corrected chi connectivity index (χ2v) is 20.9. The van der Waals surface area contributed by atoms with Gasteiger partial charge in [0.2, 0.25) is 11.8 Å². The second kappa shape index (κ2) is 19.8. The summed E-state index contributed by atoms with van der Waals surface area (Å²) in [6.45, 7) is 17.0. The molecular formula is C52H58N8O7S2. The number of aliphatic hydroxyl groups is 1. The number of benzene rings is 3. The van der Waals surface area contributed by atoms with E-state index in [9.17, 15) is 24.3 Å². The van der Waals surface area contributed by atoms with Gasteiger partial charge >= 0.3 is 5.97 Å². The summed E-state index contributed by atoms with van der Waals surface area (Å²) in [6, 6.07) is 20.5. The molecular weight excluding hydrogens is 913 g/mol. The van der Waals surface area contributed by atoms with Gasteiger partial charge in [-0.05, 0) is 86.9 Å². The highest BCUT2D eigenvalue weighted by Gasteiger charge is 2.45. The first-order chi connectivity index (χ1) is 32.8. The van der Waals surface area contributed by atoms with E-state index in [0.717, 1.165) is 65.1 Å². The van der Waals surface area contributed by atoms with Gasteiger partial charge in [0.05, 0.1) is 47.5 Å². The molecule has 0 spiro atoms. The molecule has 3 N–H and O–H groups in total. The van der Waals surface area contributed by atoms with Crippen molar-refractivity contribution in [3.05, 3.63) is 123 Å². The third-order valence-corrected chi connectivity index (χ3v) is 15.1. The Balaban J connectivity index is 0.921. The molecule has 0 radical (unpaired) electrons. The monoisotopic (exact) mass is 970 g/mol. The summed E-state index contributed by atoms with van der Waals surface area (Å²) in [5.74, 6) is 0.0299. The number of methoxy groups -OCH3 is 1. The number of thiazole rings is 1. The van der Waals surface area contributed by atoms with Crippen LogP contribution in [0.3, 0.4) is 0 Å². The minimum Gasteiger partial charge on any atom is -0.481 e. The standard InChI is InChI=1S/C52H58N8O7S2/c1-27-31(5)69-51-43(27)44(55-40(24-42(62)66-10)47-58-57-32(6)60(47)51)36-15-13-34(14-16-36)35-19-21-39(22-20-35)67-30(4)48(63)56-46(52(7,8)9)50(65)59-25-38(61)23-41(59)49(64)54-28(2)33-11-17-37(18-12-33)45-29(3)53-26-68-45/h11-22,26,28,30,38,40-41,46,61H,23-25H2,1-10H3,(H,54,64)(H,56,63)/t28-,30?,38+,40-,41-,46+/m0/s1. The lowest BCUT2D eigenvalue weighted by molar-refractivity contribution is -0.145. The van der Waals surface area contributed by atoms with E-state index in [-0.39, 0.29) is 31.3 Å². The summed E-state index contributed by atoms with van der Waals surface area (Å²) in [6.07, 6.45) is -1.78. The zero-order valence-corrected chi connectivity index (χ0v) is 42.1. The number of β-amino-alcohol motifs (C(OH)–C–C–N with tert-alkyl or cyclic N) is 1. The molecule has 1 saturated heterocycles. The molecule has 6 atom stereocenters. The molecule has 1 unspecified atom stereocenters. The molecule has 2 aliphatic heterocycles. The minimum atomic E-state index is -1.02. The third kappa shape index (κ3) is 10.1. The molecule has 3 amide bonds. The van der Waals surface area contributed by atoms with Gasteiger partial charge in [-0.25, -0.2) is 4.98 Å². The number of rotatable bonds is 13. The quantitative estimate of drug-likeness (QED) is 0.0958. The zero-order valence-electron chi connectivity index (χ0n) is 40.5. The van der Waals surface area contributed by atoms with Crippen LogP contribution in [-0.4, -0.2) is 97.1 Å². The van der Waals surface area contributed by atoms with Crippen molar-refractivity contribution in [1.82, 2.24) is 35.3 Å². The van der Waals surface area contributed by atoms with E-state index in [4.69, 9.17) is 14.5 Å². The molecule has 3 aromatic carbocycles. The molecule has 8 rings (SSSR count). The third-order valence-electron chi connectivity index (χ3n) is 12.9. The van der Waals surface area contributed by atoms with Crippen LogP contribution in [0.15, 0.2) is 83.3 Å². The van der Waals surface area contributed by atoms with Crippen LogP contribution in [-0.2, 0) is 23.9 Å². The van der Waals surface area contributed by atoms with E-state index in [0.29, 0.717) is 17.4 Å². The first-order valence-electron chi connectivity index (χ1n) is 23.0. The maximum Gasteiger partial charge on any atom is 0.308 e. The van der Waals surface area contributed by atoms with Crippen molar-refractivity contribution >= 4 is 52.1 Å². The number of amides is 3. The molecule has 15 nitrogen and oxygen atoms in total. The van der Waals surface area contributed by atoms with E-state index in [1.165, 1.54) is 12.0 Å². The molecule has 5 heterocycles. The molecule has 360 valence electrons. The number of hydrogen-bond donors (Lipinski definition) is 3. The fourth-order valence-electron chi connectivity index (χ4n) is 8.85. The second-order valence-electron chi connectivity index (χ2n) is 18.9. The SMILES string of the molecule is COC(=O)C[C@@H]1N=C(c2ccc(-c3ccc(OC(C)C(=O)N[C@H](C(=O)N4C[C@H](O)C[C@H]4C(=O)N[C@@H](C)c4ccc(-c5scnc5C)cc4)C(C)(C)C)cc3)cc2)c2c(sc(C)c2C)-n2c(C)nnc21. The van der Waals surface area contributed by atoms with Crippen LogP contribution in [0.2, 0.25) is 0 Å². The number of carbonyl (C=O) groups excluding carboxylic acids is 4. The number of hydrogen-bond acceptors (Lipinski definition) is 13. The van der Waals surface area contributed by atoms with E-state index in [2.05, 4.69) is 39.7 Å². The lowest BCUT2D eigenvalue weighted by atomic mass is 9.85. The minimum absolute atomic E-state index is 0.0174. The number of aliphatic hydroxyl groups excluding tert-OH is 1. The van der Waals surface area contributed by atoms with Crippen LogP contribution in [0.25, 0.3) is 26.6 Å². The molecule has 0 aliphatic carbocycles. The fourth-order valence-corrected chi connectivity index (χ4v) is 10.9. The number of nitrogens with one attached hydrogen (secondary N) is 2.